The molecule has 1 aromatic heterocycles. The first-order valence-electron chi connectivity index (χ1n) is 8.75. The molecule has 3 fully saturated rings. The lowest BCUT2D eigenvalue weighted by Gasteiger charge is -2.25. The number of halogens is 1. The largest absolute Gasteiger partial charge is 0.458 e. The van der Waals surface area contributed by atoms with Gasteiger partial charge in [0.05, 0.1) is 23.5 Å². The van der Waals surface area contributed by atoms with Crippen LogP contribution in [0.3, 0.4) is 0 Å². The molecule has 134 valence electrons. The Hall–Kier alpha value is -2.70. The Labute approximate surface area is 148 Å². The standard InChI is InChI=1S/C19H17FN2O4/c1-9-15(8-21-22(9)12-4-2-11(20)3-5-12)19(24)25-16-10-6-13-14(7-10)18(23)26-17(13)16/h2-5,8,10,13-14,16-17H,6-7H2,1H3/t10-,13+,14-,16-,17-/m1/s1. The minimum atomic E-state index is -0.465. The molecule has 0 spiro atoms. The zero-order valence-electron chi connectivity index (χ0n) is 14.1. The van der Waals surface area contributed by atoms with Crippen molar-refractivity contribution in [1.29, 1.82) is 0 Å². The topological polar surface area (TPSA) is 70.4 Å². The van der Waals surface area contributed by atoms with E-state index in [1.807, 2.05) is 0 Å². The number of carbonyl (C=O) groups excluding carboxylic acids is 2. The molecule has 0 amide bonds. The third-order valence-corrected chi connectivity index (χ3v) is 5.96. The summed E-state index contributed by atoms with van der Waals surface area (Å²) in [5.41, 5.74) is 1.64. The van der Waals surface area contributed by atoms with Crippen LogP contribution in [0.2, 0.25) is 0 Å². The van der Waals surface area contributed by atoms with Crippen molar-refractivity contribution in [3.05, 3.63) is 47.5 Å². The van der Waals surface area contributed by atoms with E-state index in [0.29, 0.717) is 16.9 Å². The molecular formula is C19H17FN2O4. The van der Waals surface area contributed by atoms with Gasteiger partial charge in [-0.2, -0.15) is 5.10 Å². The first-order chi connectivity index (χ1) is 12.5. The van der Waals surface area contributed by atoms with E-state index in [0.717, 1.165) is 12.8 Å². The molecule has 2 bridgehead atoms. The Bertz CT molecular complexity index is 907. The molecule has 2 aromatic rings. The van der Waals surface area contributed by atoms with Crippen LogP contribution in [-0.2, 0) is 14.3 Å². The van der Waals surface area contributed by atoms with Gasteiger partial charge in [-0.05, 0) is 44.0 Å². The summed E-state index contributed by atoms with van der Waals surface area (Å²) in [4.78, 5) is 24.5. The summed E-state index contributed by atoms with van der Waals surface area (Å²) in [5, 5.41) is 4.23. The number of aromatic nitrogens is 2. The van der Waals surface area contributed by atoms with Crippen LogP contribution < -0.4 is 0 Å². The number of benzene rings is 1. The number of ether oxygens (including phenoxy) is 2. The van der Waals surface area contributed by atoms with Crippen LogP contribution in [0.4, 0.5) is 4.39 Å². The van der Waals surface area contributed by atoms with Crippen molar-refractivity contribution in [3.8, 4) is 5.69 Å². The lowest BCUT2D eigenvalue weighted by atomic mass is 9.88. The molecule has 6 nitrogen and oxygen atoms in total. The van der Waals surface area contributed by atoms with E-state index in [1.165, 1.54) is 18.3 Å². The Morgan fingerprint density at radius 1 is 1.31 bits per heavy atom. The van der Waals surface area contributed by atoms with E-state index in [2.05, 4.69) is 5.10 Å². The SMILES string of the molecule is Cc1c(C(=O)O[C@@H]2[C@@H]3C[C@@H]4[C@H]2OC(=O)[C@@H]4C3)cnn1-c1ccc(F)cc1. The van der Waals surface area contributed by atoms with Gasteiger partial charge >= 0.3 is 11.9 Å². The molecule has 5 atom stereocenters. The molecule has 3 aliphatic rings. The fourth-order valence-corrected chi connectivity index (χ4v) is 4.70. The molecule has 0 unspecified atom stereocenters. The maximum absolute atomic E-state index is 13.1. The highest BCUT2D eigenvalue weighted by Crippen LogP contribution is 2.55. The Balaban J connectivity index is 1.37. The lowest BCUT2D eigenvalue weighted by molar-refractivity contribution is -0.146. The summed E-state index contributed by atoms with van der Waals surface area (Å²) in [7, 11) is 0. The minimum Gasteiger partial charge on any atom is -0.458 e. The van der Waals surface area contributed by atoms with Crippen molar-refractivity contribution in [2.45, 2.75) is 32.0 Å². The highest BCUT2D eigenvalue weighted by molar-refractivity contribution is 5.90. The molecule has 7 heteroatoms. The maximum Gasteiger partial charge on any atom is 0.342 e. The van der Waals surface area contributed by atoms with Crippen LogP contribution in [0.1, 0.15) is 28.9 Å². The van der Waals surface area contributed by atoms with Crippen molar-refractivity contribution in [2.75, 3.05) is 0 Å². The molecule has 2 aliphatic carbocycles. The minimum absolute atomic E-state index is 0.0112. The van der Waals surface area contributed by atoms with E-state index in [4.69, 9.17) is 9.47 Å². The summed E-state index contributed by atoms with van der Waals surface area (Å²) in [5.74, 6) is -0.581. The van der Waals surface area contributed by atoms with Crippen LogP contribution in [-0.4, -0.2) is 33.9 Å². The van der Waals surface area contributed by atoms with Gasteiger partial charge in [-0.15, -0.1) is 0 Å². The molecule has 0 N–H and O–H groups in total. The van der Waals surface area contributed by atoms with Crippen LogP contribution in [0.15, 0.2) is 30.5 Å². The highest BCUT2D eigenvalue weighted by atomic mass is 19.1. The summed E-state index contributed by atoms with van der Waals surface area (Å²) >= 11 is 0. The average molecular weight is 356 g/mol. The molecule has 5 rings (SSSR count). The van der Waals surface area contributed by atoms with E-state index in [-0.39, 0.29) is 41.7 Å². The third kappa shape index (κ3) is 2.12. The molecule has 1 aliphatic heterocycles. The second-order valence-electron chi connectivity index (χ2n) is 7.31. The lowest BCUT2D eigenvalue weighted by Crippen LogP contribution is -2.36. The second kappa shape index (κ2) is 5.40. The van der Waals surface area contributed by atoms with E-state index >= 15 is 0 Å². The van der Waals surface area contributed by atoms with Crippen molar-refractivity contribution in [2.24, 2.45) is 17.8 Å². The second-order valence-corrected chi connectivity index (χ2v) is 7.31. The van der Waals surface area contributed by atoms with E-state index in [9.17, 15) is 14.0 Å². The average Bonchev–Trinajstić information content (AvgIpc) is 3.33. The molecule has 2 saturated carbocycles. The summed E-state index contributed by atoms with van der Waals surface area (Å²) in [6, 6.07) is 5.88. The summed E-state index contributed by atoms with van der Waals surface area (Å²) in [6.45, 7) is 1.76. The normalized spacial score (nSPS) is 31.3. The number of hydrogen-bond donors (Lipinski definition) is 0. The van der Waals surface area contributed by atoms with Crippen molar-refractivity contribution >= 4 is 11.9 Å². The first-order valence-corrected chi connectivity index (χ1v) is 8.75. The van der Waals surface area contributed by atoms with Crippen molar-refractivity contribution in [1.82, 2.24) is 9.78 Å². The van der Waals surface area contributed by atoms with Gasteiger partial charge in [-0.25, -0.2) is 13.9 Å². The fraction of sp³-hybridized carbons (Fsp3) is 0.421. The molecule has 2 heterocycles. The van der Waals surface area contributed by atoms with Crippen molar-refractivity contribution < 1.29 is 23.5 Å². The van der Waals surface area contributed by atoms with E-state index < -0.39 is 5.97 Å². The number of rotatable bonds is 3. The first kappa shape index (κ1) is 15.5. The van der Waals surface area contributed by atoms with Gasteiger partial charge in [-0.3, -0.25) is 4.79 Å². The Morgan fingerprint density at radius 2 is 2.08 bits per heavy atom. The van der Waals surface area contributed by atoms with Gasteiger partial charge in [0.1, 0.15) is 23.6 Å². The van der Waals surface area contributed by atoms with Gasteiger partial charge in [0.25, 0.3) is 0 Å². The molecular weight excluding hydrogens is 339 g/mol. The number of esters is 2. The predicted molar refractivity (Wildman–Crippen MR) is 87.0 cm³/mol. The Morgan fingerprint density at radius 3 is 2.85 bits per heavy atom. The zero-order chi connectivity index (χ0) is 18.0. The number of carbonyl (C=O) groups is 2. The molecule has 1 aromatic carbocycles. The quantitative estimate of drug-likeness (QED) is 0.790. The predicted octanol–water partition coefficient (Wildman–Crippen LogP) is 2.43. The van der Waals surface area contributed by atoms with Gasteiger partial charge in [0.2, 0.25) is 0 Å². The Kier molecular flexibility index (Phi) is 3.23. The number of nitrogens with zero attached hydrogens (tertiary/aromatic N) is 2. The zero-order valence-corrected chi connectivity index (χ0v) is 14.1. The fourth-order valence-electron chi connectivity index (χ4n) is 4.70. The van der Waals surface area contributed by atoms with Crippen LogP contribution in [0.5, 0.6) is 0 Å². The van der Waals surface area contributed by atoms with Gasteiger partial charge in [0, 0.05) is 11.8 Å². The third-order valence-electron chi connectivity index (χ3n) is 5.96. The van der Waals surface area contributed by atoms with Gasteiger partial charge in [0.15, 0.2) is 0 Å². The summed E-state index contributed by atoms with van der Waals surface area (Å²) < 4.78 is 25.8. The smallest absolute Gasteiger partial charge is 0.342 e. The van der Waals surface area contributed by atoms with Gasteiger partial charge in [-0.1, -0.05) is 0 Å². The van der Waals surface area contributed by atoms with Crippen molar-refractivity contribution in [3.63, 3.8) is 0 Å². The van der Waals surface area contributed by atoms with Crippen LogP contribution in [0.25, 0.3) is 5.69 Å². The van der Waals surface area contributed by atoms with Gasteiger partial charge < -0.3 is 9.47 Å². The molecule has 0 radical (unpaired) electrons. The monoisotopic (exact) mass is 356 g/mol. The molecule has 1 saturated heterocycles. The van der Waals surface area contributed by atoms with Crippen LogP contribution >= 0.6 is 0 Å². The van der Waals surface area contributed by atoms with Crippen LogP contribution in [0, 0.1) is 30.5 Å². The summed E-state index contributed by atoms with van der Waals surface area (Å²) in [6.07, 6.45) is 2.41. The number of fused-ring (bicyclic) bond motifs is 1. The molecule has 26 heavy (non-hydrogen) atoms. The van der Waals surface area contributed by atoms with E-state index in [1.54, 1.807) is 23.7 Å². The maximum atomic E-state index is 13.1. The number of hydrogen-bond acceptors (Lipinski definition) is 5. The highest BCUT2D eigenvalue weighted by Gasteiger charge is 2.63.